The van der Waals surface area contributed by atoms with Gasteiger partial charge in [-0.05, 0) is 24.6 Å². The number of carbonyl (C=O) groups excluding carboxylic acids is 2. The SMILES string of the molecule is CCCC(=O)Nc1cccc(C(=O)NC)c1. The van der Waals surface area contributed by atoms with Crippen LogP contribution in [0.25, 0.3) is 0 Å². The molecule has 2 amide bonds. The first kappa shape index (κ1) is 12.2. The topological polar surface area (TPSA) is 58.2 Å². The van der Waals surface area contributed by atoms with E-state index in [0.717, 1.165) is 6.42 Å². The molecule has 4 nitrogen and oxygen atoms in total. The highest BCUT2D eigenvalue weighted by Crippen LogP contribution is 2.11. The van der Waals surface area contributed by atoms with Crippen molar-refractivity contribution in [2.75, 3.05) is 12.4 Å². The molecule has 0 saturated heterocycles. The first-order valence-corrected chi connectivity index (χ1v) is 5.29. The third-order valence-corrected chi connectivity index (χ3v) is 2.11. The van der Waals surface area contributed by atoms with E-state index >= 15 is 0 Å². The predicted molar refractivity (Wildman–Crippen MR) is 63.4 cm³/mol. The van der Waals surface area contributed by atoms with Crippen molar-refractivity contribution in [1.82, 2.24) is 5.32 Å². The van der Waals surface area contributed by atoms with E-state index in [4.69, 9.17) is 0 Å². The third-order valence-electron chi connectivity index (χ3n) is 2.11. The summed E-state index contributed by atoms with van der Waals surface area (Å²) in [5.74, 6) is -0.192. The van der Waals surface area contributed by atoms with E-state index in [1.54, 1.807) is 31.3 Å². The van der Waals surface area contributed by atoms with Gasteiger partial charge in [0.1, 0.15) is 0 Å². The molecule has 1 aromatic carbocycles. The molecule has 0 aliphatic rings. The number of rotatable bonds is 4. The maximum absolute atomic E-state index is 11.4. The molecule has 4 heteroatoms. The van der Waals surface area contributed by atoms with Gasteiger partial charge in [-0.1, -0.05) is 13.0 Å². The van der Waals surface area contributed by atoms with E-state index in [9.17, 15) is 9.59 Å². The first-order valence-electron chi connectivity index (χ1n) is 5.29. The van der Waals surface area contributed by atoms with E-state index in [0.29, 0.717) is 17.7 Å². The molecule has 0 heterocycles. The average molecular weight is 220 g/mol. The van der Waals surface area contributed by atoms with Crippen molar-refractivity contribution in [3.8, 4) is 0 Å². The van der Waals surface area contributed by atoms with Crippen molar-refractivity contribution in [2.45, 2.75) is 19.8 Å². The Morgan fingerprint density at radius 3 is 2.69 bits per heavy atom. The zero-order valence-electron chi connectivity index (χ0n) is 9.54. The first-order chi connectivity index (χ1) is 7.67. The zero-order chi connectivity index (χ0) is 12.0. The minimum absolute atomic E-state index is 0.0310. The lowest BCUT2D eigenvalue weighted by Gasteiger charge is -2.06. The Labute approximate surface area is 95.0 Å². The van der Waals surface area contributed by atoms with Crippen LogP contribution < -0.4 is 10.6 Å². The molecule has 0 radical (unpaired) electrons. The molecule has 1 rings (SSSR count). The summed E-state index contributed by atoms with van der Waals surface area (Å²) in [7, 11) is 1.57. The van der Waals surface area contributed by atoms with Crippen LogP contribution in [0.3, 0.4) is 0 Å². The molecule has 0 spiro atoms. The van der Waals surface area contributed by atoms with Crippen molar-refractivity contribution < 1.29 is 9.59 Å². The van der Waals surface area contributed by atoms with Crippen LogP contribution in [0.15, 0.2) is 24.3 Å². The molecular formula is C12H16N2O2. The molecule has 0 saturated carbocycles. The van der Waals surface area contributed by atoms with Crippen molar-refractivity contribution in [1.29, 1.82) is 0 Å². The molecule has 0 aromatic heterocycles. The van der Waals surface area contributed by atoms with Crippen LogP contribution >= 0.6 is 0 Å². The van der Waals surface area contributed by atoms with Gasteiger partial charge in [0.15, 0.2) is 0 Å². The summed E-state index contributed by atoms with van der Waals surface area (Å²) in [4.78, 5) is 22.7. The van der Waals surface area contributed by atoms with Gasteiger partial charge in [0.2, 0.25) is 5.91 Å². The second-order valence-corrected chi connectivity index (χ2v) is 3.46. The van der Waals surface area contributed by atoms with Crippen molar-refractivity contribution in [2.24, 2.45) is 0 Å². The number of anilines is 1. The molecule has 1 aromatic rings. The van der Waals surface area contributed by atoms with Gasteiger partial charge >= 0.3 is 0 Å². The largest absolute Gasteiger partial charge is 0.355 e. The lowest BCUT2D eigenvalue weighted by molar-refractivity contribution is -0.116. The second-order valence-electron chi connectivity index (χ2n) is 3.46. The number of carbonyl (C=O) groups is 2. The summed E-state index contributed by atoms with van der Waals surface area (Å²) >= 11 is 0. The monoisotopic (exact) mass is 220 g/mol. The highest BCUT2D eigenvalue weighted by Gasteiger charge is 2.05. The molecular weight excluding hydrogens is 204 g/mol. The predicted octanol–water partition coefficient (Wildman–Crippen LogP) is 1.78. The van der Waals surface area contributed by atoms with Gasteiger partial charge in [0, 0.05) is 24.7 Å². The van der Waals surface area contributed by atoms with Crippen LogP contribution in [0.4, 0.5) is 5.69 Å². The molecule has 0 fully saturated rings. The van der Waals surface area contributed by atoms with E-state index < -0.39 is 0 Å². The minimum atomic E-state index is -0.161. The van der Waals surface area contributed by atoms with Gasteiger partial charge in [-0.15, -0.1) is 0 Å². The van der Waals surface area contributed by atoms with Crippen LogP contribution in [-0.2, 0) is 4.79 Å². The fourth-order valence-corrected chi connectivity index (χ4v) is 1.33. The number of nitrogens with one attached hydrogen (secondary N) is 2. The van der Waals surface area contributed by atoms with E-state index in [-0.39, 0.29) is 11.8 Å². The Bertz CT molecular complexity index is 388. The minimum Gasteiger partial charge on any atom is -0.355 e. The Balaban J connectivity index is 2.74. The Hall–Kier alpha value is -1.84. The van der Waals surface area contributed by atoms with E-state index in [1.165, 1.54) is 0 Å². The van der Waals surface area contributed by atoms with Crippen LogP contribution in [0.2, 0.25) is 0 Å². The summed E-state index contributed by atoms with van der Waals surface area (Å²) in [6.45, 7) is 1.94. The van der Waals surface area contributed by atoms with Crippen LogP contribution in [0, 0.1) is 0 Å². The highest BCUT2D eigenvalue weighted by atomic mass is 16.2. The normalized spacial score (nSPS) is 9.62. The van der Waals surface area contributed by atoms with Gasteiger partial charge in [-0.3, -0.25) is 9.59 Å². The quantitative estimate of drug-likeness (QED) is 0.812. The lowest BCUT2D eigenvalue weighted by Crippen LogP contribution is -2.18. The Kier molecular flexibility index (Phi) is 4.51. The smallest absolute Gasteiger partial charge is 0.251 e. The van der Waals surface area contributed by atoms with Gasteiger partial charge in [0.25, 0.3) is 5.91 Å². The molecule has 16 heavy (non-hydrogen) atoms. The van der Waals surface area contributed by atoms with Crippen molar-refractivity contribution in [3.63, 3.8) is 0 Å². The molecule has 0 unspecified atom stereocenters. The molecule has 0 aliphatic carbocycles. The fraction of sp³-hybridized carbons (Fsp3) is 0.333. The summed E-state index contributed by atoms with van der Waals surface area (Å²) < 4.78 is 0. The summed E-state index contributed by atoms with van der Waals surface area (Å²) in [5, 5.41) is 5.28. The van der Waals surface area contributed by atoms with Crippen LogP contribution in [0.5, 0.6) is 0 Å². The van der Waals surface area contributed by atoms with E-state index in [1.807, 2.05) is 6.92 Å². The maximum Gasteiger partial charge on any atom is 0.251 e. The zero-order valence-corrected chi connectivity index (χ0v) is 9.54. The molecule has 0 aliphatic heterocycles. The van der Waals surface area contributed by atoms with Gasteiger partial charge < -0.3 is 10.6 Å². The average Bonchev–Trinajstić information content (AvgIpc) is 2.28. The molecule has 0 atom stereocenters. The highest BCUT2D eigenvalue weighted by molar-refractivity contribution is 5.96. The van der Waals surface area contributed by atoms with Crippen molar-refractivity contribution in [3.05, 3.63) is 29.8 Å². The maximum atomic E-state index is 11.4. The number of benzene rings is 1. The summed E-state index contributed by atoms with van der Waals surface area (Å²) in [6.07, 6.45) is 1.30. The lowest BCUT2D eigenvalue weighted by atomic mass is 10.2. The van der Waals surface area contributed by atoms with Gasteiger partial charge in [0.05, 0.1) is 0 Å². The molecule has 86 valence electrons. The molecule has 0 bridgehead atoms. The van der Waals surface area contributed by atoms with Crippen LogP contribution in [0.1, 0.15) is 30.1 Å². The summed E-state index contributed by atoms with van der Waals surface area (Å²) in [5.41, 5.74) is 1.19. The number of amides is 2. The number of hydrogen-bond donors (Lipinski definition) is 2. The summed E-state index contributed by atoms with van der Waals surface area (Å²) in [6, 6.07) is 6.87. The second kappa shape index (κ2) is 5.90. The van der Waals surface area contributed by atoms with E-state index in [2.05, 4.69) is 10.6 Å². The standard InChI is InChI=1S/C12H16N2O2/c1-3-5-11(15)14-10-7-4-6-9(8-10)12(16)13-2/h4,6-8H,3,5H2,1-2H3,(H,13,16)(H,14,15). The van der Waals surface area contributed by atoms with Crippen molar-refractivity contribution >= 4 is 17.5 Å². The fourth-order valence-electron chi connectivity index (χ4n) is 1.33. The van der Waals surface area contributed by atoms with Gasteiger partial charge in [-0.25, -0.2) is 0 Å². The Morgan fingerprint density at radius 1 is 1.31 bits per heavy atom. The third kappa shape index (κ3) is 3.38. The van der Waals surface area contributed by atoms with Crippen LogP contribution in [-0.4, -0.2) is 18.9 Å². The molecule has 2 N–H and O–H groups in total. The number of hydrogen-bond acceptors (Lipinski definition) is 2. The Morgan fingerprint density at radius 2 is 2.06 bits per heavy atom. The van der Waals surface area contributed by atoms with Gasteiger partial charge in [-0.2, -0.15) is 0 Å².